The van der Waals surface area contributed by atoms with Crippen LogP contribution in [0.1, 0.15) is 48.0 Å². The Morgan fingerprint density at radius 1 is 1.06 bits per heavy atom. The van der Waals surface area contributed by atoms with E-state index in [4.69, 9.17) is 0 Å². The number of imide groups is 1. The summed E-state index contributed by atoms with van der Waals surface area (Å²) >= 11 is 0. The predicted molar refractivity (Wildman–Crippen MR) is 76.1 cm³/mol. The van der Waals surface area contributed by atoms with Crippen molar-refractivity contribution >= 4 is 11.8 Å². The van der Waals surface area contributed by atoms with Crippen molar-refractivity contribution in [2.45, 2.75) is 48.0 Å². The van der Waals surface area contributed by atoms with Crippen LogP contribution >= 0.6 is 0 Å². The van der Waals surface area contributed by atoms with Crippen molar-refractivity contribution in [1.29, 1.82) is 0 Å². The molecule has 0 spiro atoms. The molecule has 0 aromatic carbocycles. The number of likely N-dealkylation sites (tertiary alicyclic amines) is 1. The summed E-state index contributed by atoms with van der Waals surface area (Å²) in [6.45, 7) is 12.0. The average molecular weight is 253 g/mol. The molecule has 0 radical (unpaired) electrons. The van der Waals surface area contributed by atoms with Crippen LogP contribution in [0.4, 0.5) is 0 Å². The van der Waals surface area contributed by atoms with Gasteiger partial charge in [-0.25, -0.2) is 0 Å². The molecule has 2 aliphatic rings. The first-order chi connectivity index (χ1) is 8.72. The van der Waals surface area contributed by atoms with Gasteiger partial charge in [0.05, 0.1) is 11.8 Å². The van der Waals surface area contributed by atoms with Crippen molar-refractivity contribution in [1.82, 2.24) is 4.90 Å². The minimum atomic E-state index is -0.243. The molecule has 0 N–H and O–H groups in total. The van der Waals surface area contributed by atoms with E-state index in [-0.39, 0.29) is 23.7 Å². The van der Waals surface area contributed by atoms with E-state index >= 15 is 0 Å². The highest BCUT2D eigenvalue weighted by Crippen LogP contribution is 2.30. The number of hydrogen-bond acceptors (Lipinski definition) is 2. The molecule has 2 rings (SSSR count). The number of nitrogens with zero attached hydrogens (tertiary/aromatic N) is 1. The number of carbonyl (C=O) groups is 2. The molecule has 2 atom stereocenters. The van der Waals surface area contributed by atoms with Gasteiger partial charge in [0, 0.05) is 7.05 Å². The van der Waals surface area contributed by atoms with Crippen molar-refractivity contribution in [3.8, 4) is 0 Å². The highest BCUT2D eigenvalue weighted by Gasteiger charge is 2.44. The molecule has 1 fully saturated rings. The summed E-state index contributed by atoms with van der Waals surface area (Å²) in [6, 6.07) is 0. The Morgan fingerprint density at radius 2 is 1.56 bits per heavy atom. The molecular formula is C15H27NO2. The van der Waals surface area contributed by atoms with Crippen LogP contribution in [0.15, 0.2) is 17.9 Å². The lowest BCUT2D eigenvalue weighted by atomic mass is 9.89. The lowest BCUT2D eigenvalue weighted by Crippen LogP contribution is -2.25. The van der Waals surface area contributed by atoms with Crippen LogP contribution in [0.25, 0.3) is 0 Å². The highest BCUT2D eigenvalue weighted by molar-refractivity contribution is 6.05. The third kappa shape index (κ3) is 4.15. The van der Waals surface area contributed by atoms with Gasteiger partial charge in [-0.2, -0.15) is 0 Å². The van der Waals surface area contributed by atoms with Gasteiger partial charge in [0.25, 0.3) is 0 Å². The molecule has 0 saturated carbocycles. The van der Waals surface area contributed by atoms with E-state index in [2.05, 4.69) is 5.73 Å². The maximum atomic E-state index is 11.4. The van der Waals surface area contributed by atoms with Crippen LogP contribution in [0, 0.1) is 11.8 Å². The zero-order valence-corrected chi connectivity index (χ0v) is 12.8. The third-order valence-corrected chi connectivity index (χ3v) is 2.46. The fourth-order valence-electron chi connectivity index (χ4n) is 1.71. The molecule has 18 heavy (non-hydrogen) atoms. The van der Waals surface area contributed by atoms with Crippen LogP contribution < -0.4 is 0 Å². The van der Waals surface area contributed by atoms with E-state index in [1.165, 1.54) is 11.9 Å². The minimum absolute atomic E-state index is 0.0565. The van der Waals surface area contributed by atoms with Gasteiger partial charge in [-0.05, 0) is 18.6 Å². The molecule has 1 heterocycles. The molecule has 0 aromatic rings. The van der Waals surface area contributed by atoms with Gasteiger partial charge in [0.15, 0.2) is 0 Å². The van der Waals surface area contributed by atoms with Crippen molar-refractivity contribution < 1.29 is 9.59 Å². The van der Waals surface area contributed by atoms with Gasteiger partial charge < -0.3 is 0 Å². The molecule has 3 nitrogen and oxygen atoms in total. The van der Waals surface area contributed by atoms with E-state index in [1.54, 1.807) is 6.08 Å². The Labute approximate surface area is 112 Å². The summed E-state index contributed by atoms with van der Waals surface area (Å²) in [6.07, 6.45) is 4.15. The van der Waals surface area contributed by atoms with Crippen LogP contribution in [0.2, 0.25) is 0 Å². The Kier molecular flexibility index (Phi) is 11.4. The van der Waals surface area contributed by atoms with Crippen LogP contribution in [-0.2, 0) is 9.59 Å². The van der Waals surface area contributed by atoms with E-state index in [0.29, 0.717) is 6.42 Å². The van der Waals surface area contributed by atoms with Crippen molar-refractivity contribution in [2.75, 3.05) is 7.05 Å². The van der Waals surface area contributed by atoms with E-state index in [1.807, 2.05) is 47.6 Å². The molecule has 1 aliphatic heterocycles. The maximum Gasteiger partial charge on any atom is 0.237 e. The highest BCUT2D eigenvalue weighted by atomic mass is 16.2. The van der Waals surface area contributed by atoms with E-state index in [9.17, 15) is 9.59 Å². The minimum Gasteiger partial charge on any atom is -0.285 e. The first-order valence-electron chi connectivity index (χ1n) is 6.94. The molecule has 2 unspecified atom stereocenters. The normalized spacial score (nSPS) is 22.9. The zero-order valence-electron chi connectivity index (χ0n) is 12.8. The zero-order chi connectivity index (χ0) is 14.7. The molecular weight excluding hydrogens is 226 g/mol. The summed E-state index contributed by atoms with van der Waals surface area (Å²) in [4.78, 5) is 24.0. The largest absolute Gasteiger partial charge is 0.285 e. The fraction of sp³-hybridized carbons (Fsp3) is 0.667. The van der Waals surface area contributed by atoms with Gasteiger partial charge in [-0.1, -0.05) is 41.5 Å². The lowest BCUT2D eigenvalue weighted by Gasteiger charge is -2.09. The van der Waals surface area contributed by atoms with Gasteiger partial charge in [-0.15, -0.1) is 5.73 Å². The van der Waals surface area contributed by atoms with E-state index in [0.717, 1.165) is 0 Å². The topological polar surface area (TPSA) is 37.4 Å². The molecule has 1 saturated heterocycles. The Balaban J connectivity index is 0. The van der Waals surface area contributed by atoms with Crippen molar-refractivity contribution in [3.05, 3.63) is 17.9 Å². The molecule has 0 bridgehead atoms. The second-order valence-electron chi connectivity index (χ2n) is 3.14. The quantitative estimate of drug-likeness (QED) is 0.490. The standard InChI is InChI=1S/C9H9NO2.3C2H6/c1-10-8(11)6-4-2-3-5-7(6)9(10)12;3*1-2/h2,5-7H,4H2,1H3;3*1-2H3. The fourth-order valence-corrected chi connectivity index (χ4v) is 1.71. The van der Waals surface area contributed by atoms with Gasteiger partial charge in [0.1, 0.15) is 0 Å². The van der Waals surface area contributed by atoms with E-state index < -0.39 is 0 Å². The summed E-state index contributed by atoms with van der Waals surface area (Å²) in [5.74, 6) is -0.541. The van der Waals surface area contributed by atoms with Gasteiger partial charge >= 0.3 is 0 Å². The summed E-state index contributed by atoms with van der Waals surface area (Å²) < 4.78 is 0. The number of fused-ring (bicyclic) bond motifs is 1. The van der Waals surface area contributed by atoms with Gasteiger partial charge in [0.2, 0.25) is 11.8 Å². The molecule has 2 amide bonds. The second-order valence-corrected chi connectivity index (χ2v) is 3.14. The first kappa shape index (κ1) is 19.0. The third-order valence-electron chi connectivity index (χ3n) is 2.46. The van der Waals surface area contributed by atoms with Crippen molar-refractivity contribution in [3.63, 3.8) is 0 Å². The van der Waals surface area contributed by atoms with Gasteiger partial charge in [-0.3, -0.25) is 14.5 Å². The number of rotatable bonds is 0. The number of amides is 2. The predicted octanol–water partition coefficient (Wildman–Crippen LogP) is 3.41. The molecule has 1 aliphatic carbocycles. The van der Waals surface area contributed by atoms with Crippen LogP contribution in [0.3, 0.4) is 0 Å². The Hall–Kier alpha value is -1.34. The average Bonchev–Trinajstić information content (AvgIpc) is 2.71. The SMILES string of the molecule is CC.CC.CC.CN1C(=O)C2C=C=CCC2C1=O. The Bertz CT molecular complexity index is 314. The first-order valence-corrected chi connectivity index (χ1v) is 6.94. The summed E-state index contributed by atoms with van der Waals surface area (Å²) in [5, 5.41) is 0. The smallest absolute Gasteiger partial charge is 0.237 e. The monoisotopic (exact) mass is 253 g/mol. The van der Waals surface area contributed by atoms with Crippen LogP contribution in [0.5, 0.6) is 0 Å². The molecule has 104 valence electrons. The number of hydrogen-bond donors (Lipinski definition) is 0. The summed E-state index contributed by atoms with van der Waals surface area (Å²) in [5.41, 5.74) is 2.88. The number of carbonyl (C=O) groups excluding carboxylic acids is 2. The van der Waals surface area contributed by atoms with Crippen molar-refractivity contribution in [2.24, 2.45) is 11.8 Å². The lowest BCUT2D eigenvalue weighted by molar-refractivity contribution is -0.137. The maximum absolute atomic E-state index is 11.4. The Morgan fingerprint density at radius 3 is 2.00 bits per heavy atom. The molecule has 3 heteroatoms. The second kappa shape index (κ2) is 10.8. The van der Waals surface area contributed by atoms with Crippen LogP contribution in [-0.4, -0.2) is 23.8 Å². The summed E-state index contributed by atoms with van der Waals surface area (Å²) in [7, 11) is 1.54. The molecule has 0 aromatic heterocycles.